The summed E-state index contributed by atoms with van der Waals surface area (Å²) in [4.78, 5) is 18.1. The molecule has 180 valence electrons. The van der Waals surface area contributed by atoms with E-state index in [-0.39, 0.29) is 5.91 Å². The molecule has 4 rings (SSSR count). The van der Waals surface area contributed by atoms with Crippen LogP contribution in [0.5, 0.6) is 11.5 Å². The number of likely N-dealkylation sites (tertiary alicyclic amines) is 1. The molecule has 2 aromatic carbocycles. The third-order valence-electron chi connectivity index (χ3n) is 7.21. The molecule has 0 spiro atoms. The molecular weight excluding hydrogens is 426 g/mol. The van der Waals surface area contributed by atoms with Crippen LogP contribution in [0.25, 0.3) is 0 Å². The highest BCUT2D eigenvalue weighted by Crippen LogP contribution is 2.41. The van der Waals surface area contributed by atoms with Crippen molar-refractivity contribution in [3.8, 4) is 17.6 Å². The molecule has 2 aliphatic rings. The fraction of sp³-hybridized carbons (Fsp3) is 0.500. The van der Waals surface area contributed by atoms with Gasteiger partial charge in [0, 0.05) is 24.2 Å². The summed E-state index contributed by atoms with van der Waals surface area (Å²) in [6, 6.07) is 16.2. The summed E-state index contributed by atoms with van der Waals surface area (Å²) < 4.78 is 11.6. The average molecular weight is 462 g/mol. The molecule has 6 heteroatoms. The summed E-state index contributed by atoms with van der Waals surface area (Å²) in [5, 5.41) is 9.36. The van der Waals surface area contributed by atoms with Gasteiger partial charge in [-0.05, 0) is 76.4 Å². The summed E-state index contributed by atoms with van der Waals surface area (Å²) in [5.41, 5.74) is 1.86. The number of carbonyl (C=O) groups excluding carboxylic acids is 1. The molecule has 2 heterocycles. The smallest absolute Gasteiger partial charge is 0.273 e. The third-order valence-corrected chi connectivity index (χ3v) is 7.21. The van der Waals surface area contributed by atoms with Crippen LogP contribution in [-0.4, -0.2) is 43.1 Å². The number of para-hydroxylation sites is 2. The monoisotopic (exact) mass is 461 g/mol. The van der Waals surface area contributed by atoms with E-state index in [1.54, 1.807) is 25.3 Å². The second kappa shape index (κ2) is 10.9. The Hall–Kier alpha value is -3.04. The fourth-order valence-electron chi connectivity index (χ4n) is 5.31. The molecule has 1 unspecified atom stereocenters. The Labute approximate surface area is 203 Å². The number of unbranched alkanes of at least 4 members (excludes halogenated alkanes) is 2. The van der Waals surface area contributed by atoms with Crippen LogP contribution >= 0.6 is 0 Å². The molecule has 1 saturated heterocycles. The number of anilines is 1. The number of piperidine rings is 1. The van der Waals surface area contributed by atoms with E-state index < -0.39 is 6.10 Å². The standard InChI is InChI=1S/C28H35N3O3/c1-20-10-9-11-21(2)30(20)16-7-4-8-17-31-24-12-5-6-13-26(24)34-27(28(31)32)23-18-22(19-29)14-15-25(23)33-3/h5-6,12-15,18,20-21,27H,4,7-11,16-17H2,1-3H3/t20-,21+,27?. The van der Waals surface area contributed by atoms with Gasteiger partial charge in [-0.1, -0.05) is 25.0 Å². The lowest BCUT2D eigenvalue weighted by Crippen LogP contribution is -2.44. The highest BCUT2D eigenvalue weighted by Gasteiger charge is 2.37. The van der Waals surface area contributed by atoms with Crippen LogP contribution in [0.2, 0.25) is 0 Å². The van der Waals surface area contributed by atoms with Crippen molar-refractivity contribution in [3.63, 3.8) is 0 Å². The highest BCUT2D eigenvalue weighted by atomic mass is 16.5. The molecule has 6 nitrogen and oxygen atoms in total. The zero-order valence-corrected chi connectivity index (χ0v) is 20.5. The molecule has 0 N–H and O–H groups in total. The zero-order valence-electron chi connectivity index (χ0n) is 20.5. The van der Waals surface area contributed by atoms with Crippen molar-refractivity contribution in [1.82, 2.24) is 4.90 Å². The molecule has 0 aromatic heterocycles. The SMILES string of the molecule is COc1ccc(C#N)cc1C1Oc2ccccc2N(CCCCCN2[C@H](C)CCC[C@@H]2C)C1=O. The minimum Gasteiger partial charge on any atom is -0.496 e. The maximum atomic E-state index is 13.6. The molecule has 3 atom stereocenters. The lowest BCUT2D eigenvalue weighted by Gasteiger charge is -2.39. The summed E-state index contributed by atoms with van der Waals surface area (Å²) >= 11 is 0. The van der Waals surface area contributed by atoms with Crippen LogP contribution in [0.15, 0.2) is 42.5 Å². The summed E-state index contributed by atoms with van der Waals surface area (Å²) in [6.45, 7) is 6.45. The maximum Gasteiger partial charge on any atom is 0.273 e. The lowest BCUT2D eigenvalue weighted by molar-refractivity contribution is -0.126. The zero-order chi connectivity index (χ0) is 24.1. The van der Waals surface area contributed by atoms with Gasteiger partial charge in [0.25, 0.3) is 5.91 Å². The number of ether oxygens (including phenoxy) is 2. The second-order valence-electron chi connectivity index (χ2n) is 9.45. The third kappa shape index (κ3) is 5.05. The number of methoxy groups -OCH3 is 1. The van der Waals surface area contributed by atoms with E-state index in [4.69, 9.17) is 9.47 Å². The normalized spacial score (nSPS) is 22.6. The number of nitrogens with zero attached hydrogens (tertiary/aromatic N) is 3. The van der Waals surface area contributed by atoms with Crippen molar-refractivity contribution in [2.45, 2.75) is 70.6 Å². The lowest BCUT2D eigenvalue weighted by atomic mass is 9.97. The van der Waals surface area contributed by atoms with Crippen molar-refractivity contribution >= 4 is 11.6 Å². The number of carbonyl (C=O) groups is 1. The first kappa shape index (κ1) is 24.1. The predicted octanol–water partition coefficient (Wildman–Crippen LogP) is 5.47. The van der Waals surface area contributed by atoms with Gasteiger partial charge in [-0.15, -0.1) is 0 Å². The van der Waals surface area contributed by atoms with E-state index in [0.717, 1.165) is 31.5 Å². The quantitative estimate of drug-likeness (QED) is 0.488. The topological polar surface area (TPSA) is 65.8 Å². The van der Waals surface area contributed by atoms with E-state index in [0.29, 0.717) is 41.3 Å². The van der Waals surface area contributed by atoms with E-state index in [1.165, 1.54) is 19.3 Å². The Balaban J connectivity index is 1.46. The van der Waals surface area contributed by atoms with Gasteiger partial charge in [0.2, 0.25) is 6.10 Å². The number of hydrogen-bond donors (Lipinski definition) is 0. The first-order valence-electron chi connectivity index (χ1n) is 12.4. The van der Waals surface area contributed by atoms with Crippen molar-refractivity contribution in [1.29, 1.82) is 5.26 Å². The number of nitriles is 1. The average Bonchev–Trinajstić information content (AvgIpc) is 2.85. The molecule has 0 saturated carbocycles. The summed E-state index contributed by atoms with van der Waals surface area (Å²) in [5.74, 6) is 1.10. The van der Waals surface area contributed by atoms with E-state index in [9.17, 15) is 10.1 Å². The Kier molecular flexibility index (Phi) is 7.74. The highest BCUT2D eigenvalue weighted by molar-refractivity contribution is 6.00. The van der Waals surface area contributed by atoms with Crippen molar-refractivity contribution in [3.05, 3.63) is 53.6 Å². The number of amides is 1. The molecule has 0 bridgehead atoms. The van der Waals surface area contributed by atoms with Gasteiger partial charge in [0.05, 0.1) is 24.4 Å². The van der Waals surface area contributed by atoms with Gasteiger partial charge < -0.3 is 14.4 Å². The van der Waals surface area contributed by atoms with E-state index in [2.05, 4.69) is 24.8 Å². The Morgan fingerprint density at radius 3 is 2.53 bits per heavy atom. The first-order valence-corrected chi connectivity index (χ1v) is 12.4. The van der Waals surface area contributed by atoms with Crippen LogP contribution in [0.3, 0.4) is 0 Å². The predicted molar refractivity (Wildman–Crippen MR) is 133 cm³/mol. The Morgan fingerprint density at radius 1 is 1.06 bits per heavy atom. The minimum atomic E-state index is -0.840. The van der Waals surface area contributed by atoms with Gasteiger partial charge >= 0.3 is 0 Å². The van der Waals surface area contributed by atoms with Crippen LogP contribution in [0.4, 0.5) is 5.69 Å². The number of fused-ring (bicyclic) bond motifs is 1. The van der Waals surface area contributed by atoms with Crippen LogP contribution in [-0.2, 0) is 4.79 Å². The van der Waals surface area contributed by atoms with Crippen molar-refractivity contribution < 1.29 is 14.3 Å². The molecule has 1 fully saturated rings. The van der Waals surface area contributed by atoms with E-state index in [1.807, 2.05) is 29.2 Å². The summed E-state index contributed by atoms with van der Waals surface area (Å²) in [7, 11) is 1.56. The minimum absolute atomic E-state index is 0.120. The molecule has 2 aliphatic heterocycles. The van der Waals surface area contributed by atoms with Gasteiger partial charge in [-0.2, -0.15) is 5.26 Å². The fourth-order valence-corrected chi connectivity index (χ4v) is 5.31. The number of hydrogen-bond acceptors (Lipinski definition) is 5. The molecule has 34 heavy (non-hydrogen) atoms. The van der Waals surface area contributed by atoms with Gasteiger partial charge in [0.15, 0.2) is 0 Å². The molecule has 2 aromatic rings. The summed E-state index contributed by atoms with van der Waals surface area (Å²) in [6.07, 6.45) is 6.21. The van der Waals surface area contributed by atoms with Crippen molar-refractivity contribution in [2.24, 2.45) is 0 Å². The van der Waals surface area contributed by atoms with Crippen molar-refractivity contribution in [2.75, 3.05) is 25.1 Å². The maximum absolute atomic E-state index is 13.6. The molecular formula is C28H35N3O3. The van der Waals surface area contributed by atoms with Gasteiger partial charge in [-0.25, -0.2) is 0 Å². The Morgan fingerprint density at radius 2 is 1.79 bits per heavy atom. The number of benzene rings is 2. The number of rotatable bonds is 8. The largest absolute Gasteiger partial charge is 0.496 e. The Bertz CT molecular complexity index is 1040. The molecule has 0 radical (unpaired) electrons. The van der Waals surface area contributed by atoms with Crippen LogP contribution in [0.1, 0.15) is 69.6 Å². The molecule has 0 aliphatic carbocycles. The van der Waals surface area contributed by atoms with Gasteiger partial charge in [0.1, 0.15) is 11.5 Å². The van der Waals surface area contributed by atoms with E-state index >= 15 is 0 Å². The van der Waals surface area contributed by atoms with Crippen LogP contribution < -0.4 is 14.4 Å². The molecule has 1 amide bonds. The second-order valence-corrected chi connectivity index (χ2v) is 9.45. The van der Waals surface area contributed by atoms with Gasteiger partial charge in [-0.3, -0.25) is 9.69 Å². The van der Waals surface area contributed by atoms with Crippen LogP contribution in [0, 0.1) is 11.3 Å². The first-order chi connectivity index (χ1) is 16.5.